The molecule has 0 unspecified atom stereocenters. The monoisotopic (exact) mass is 437 g/mol. The molecule has 1 aliphatic heterocycles. The number of rotatable bonds is 6. The Kier molecular flexibility index (Phi) is 6.29. The third-order valence-corrected chi connectivity index (χ3v) is 5.43. The van der Waals surface area contributed by atoms with Crippen molar-refractivity contribution in [2.24, 2.45) is 5.73 Å². The molecule has 1 aliphatic rings. The van der Waals surface area contributed by atoms with Crippen LogP contribution in [-0.2, 0) is 0 Å². The maximum Gasteiger partial charge on any atom is 0.274 e. The number of halogens is 1. The average Bonchev–Trinajstić information content (AvgIpc) is 3.19. The molecule has 1 saturated heterocycles. The fraction of sp³-hybridized carbons (Fsp3) is 0.261. The summed E-state index contributed by atoms with van der Waals surface area (Å²) in [7, 11) is 1.43. The Bertz CT molecular complexity index is 1130. The van der Waals surface area contributed by atoms with Crippen molar-refractivity contribution in [1.82, 2.24) is 9.97 Å². The molecular formula is C23H24FN5O3. The molecule has 0 radical (unpaired) electrons. The van der Waals surface area contributed by atoms with Crippen molar-refractivity contribution >= 4 is 17.3 Å². The van der Waals surface area contributed by atoms with Crippen molar-refractivity contribution in [2.45, 2.75) is 18.5 Å². The topological polar surface area (TPSA) is 114 Å². The Labute approximate surface area is 184 Å². The van der Waals surface area contributed by atoms with Crippen LogP contribution in [0.15, 0.2) is 54.7 Å². The number of aromatic nitrogens is 2. The number of carbonyl (C=O) groups is 1. The van der Waals surface area contributed by atoms with Gasteiger partial charge in [0.25, 0.3) is 5.91 Å². The van der Waals surface area contributed by atoms with Gasteiger partial charge in [-0.05, 0) is 36.8 Å². The molecule has 0 spiro atoms. The summed E-state index contributed by atoms with van der Waals surface area (Å²) in [6.07, 6.45) is 2.06. The summed E-state index contributed by atoms with van der Waals surface area (Å²) in [6, 6.07) is 13.0. The normalized spacial score (nSPS) is 17.9. The van der Waals surface area contributed by atoms with E-state index in [1.807, 2.05) is 17.0 Å². The lowest BCUT2D eigenvalue weighted by Gasteiger charge is -2.27. The van der Waals surface area contributed by atoms with Gasteiger partial charge in [0.05, 0.1) is 36.7 Å². The van der Waals surface area contributed by atoms with Crippen molar-refractivity contribution in [3.8, 4) is 17.1 Å². The van der Waals surface area contributed by atoms with Gasteiger partial charge in [-0.1, -0.05) is 18.2 Å². The van der Waals surface area contributed by atoms with E-state index in [-0.39, 0.29) is 41.5 Å². The summed E-state index contributed by atoms with van der Waals surface area (Å²) in [4.78, 5) is 23.4. The van der Waals surface area contributed by atoms with Crippen LogP contribution >= 0.6 is 0 Å². The summed E-state index contributed by atoms with van der Waals surface area (Å²) in [5, 5.41) is 12.6. The summed E-state index contributed by atoms with van der Waals surface area (Å²) >= 11 is 0. The number of aliphatic hydroxyl groups excluding tert-OH is 1. The molecule has 2 aromatic carbocycles. The van der Waals surface area contributed by atoms with Crippen LogP contribution in [0.3, 0.4) is 0 Å². The predicted molar refractivity (Wildman–Crippen MR) is 119 cm³/mol. The number of ether oxygens (including phenoxy) is 1. The molecule has 32 heavy (non-hydrogen) atoms. The lowest BCUT2D eigenvalue weighted by molar-refractivity contribution is 0.102. The van der Waals surface area contributed by atoms with Gasteiger partial charge in [0.2, 0.25) is 0 Å². The minimum Gasteiger partial charge on any atom is -0.496 e. The number of aliphatic hydroxyl groups is 1. The molecule has 4 N–H and O–H groups in total. The fourth-order valence-electron chi connectivity index (χ4n) is 3.93. The molecule has 0 saturated carbocycles. The fourth-order valence-corrected chi connectivity index (χ4v) is 3.93. The molecule has 2 atom stereocenters. The quantitative estimate of drug-likeness (QED) is 0.543. The Hall–Kier alpha value is -3.56. The lowest BCUT2D eigenvalue weighted by atomic mass is 10.1. The third kappa shape index (κ3) is 4.25. The number of nitrogens with one attached hydrogen (secondary N) is 1. The van der Waals surface area contributed by atoms with E-state index in [0.29, 0.717) is 18.7 Å². The van der Waals surface area contributed by atoms with Gasteiger partial charge in [0.1, 0.15) is 17.3 Å². The van der Waals surface area contributed by atoms with Crippen LogP contribution in [0, 0.1) is 5.82 Å². The summed E-state index contributed by atoms with van der Waals surface area (Å²) in [5.74, 6) is -0.701. The van der Waals surface area contributed by atoms with Gasteiger partial charge >= 0.3 is 0 Å². The van der Waals surface area contributed by atoms with E-state index in [2.05, 4.69) is 15.3 Å². The zero-order valence-electron chi connectivity index (χ0n) is 17.5. The van der Waals surface area contributed by atoms with Gasteiger partial charge in [0.15, 0.2) is 5.82 Å². The number of nitrogens with zero attached hydrogens (tertiary/aromatic N) is 3. The van der Waals surface area contributed by atoms with Crippen molar-refractivity contribution in [3.05, 3.63) is 66.2 Å². The number of nitrogens with two attached hydrogens (primary N) is 1. The van der Waals surface area contributed by atoms with E-state index in [4.69, 9.17) is 10.5 Å². The molecule has 1 fully saturated rings. The van der Waals surface area contributed by atoms with Crippen LogP contribution in [0.5, 0.6) is 5.75 Å². The highest BCUT2D eigenvalue weighted by Crippen LogP contribution is 2.33. The first kappa shape index (κ1) is 21.7. The summed E-state index contributed by atoms with van der Waals surface area (Å²) in [6.45, 7) is 0.540. The van der Waals surface area contributed by atoms with Crippen LogP contribution < -0.4 is 20.7 Å². The second-order valence-corrected chi connectivity index (χ2v) is 7.54. The van der Waals surface area contributed by atoms with E-state index in [1.54, 1.807) is 18.2 Å². The van der Waals surface area contributed by atoms with E-state index >= 15 is 0 Å². The van der Waals surface area contributed by atoms with Gasteiger partial charge in [0, 0.05) is 18.8 Å². The van der Waals surface area contributed by atoms with Crippen molar-refractivity contribution in [3.63, 3.8) is 0 Å². The maximum absolute atomic E-state index is 14.4. The highest BCUT2D eigenvalue weighted by atomic mass is 19.1. The van der Waals surface area contributed by atoms with E-state index in [1.165, 1.54) is 31.5 Å². The first-order valence-electron chi connectivity index (χ1n) is 10.2. The Morgan fingerprint density at radius 2 is 2.09 bits per heavy atom. The van der Waals surface area contributed by atoms with Crippen LogP contribution in [0.4, 0.5) is 15.8 Å². The molecule has 0 bridgehead atoms. The largest absolute Gasteiger partial charge is 0.496 e. The van der Waals surface area contributed by atoms with E-state index in [0.717, 1.165) is 5.69 Å². The van der Waals surface area contributed by atoms with Crippen LogP contribution in [0.25, 0.3) is 11.4 Å². The predicted octanol–water partition coefficient (Wildman–Crippen LogP) is 2.44. The Balaban J connectivity index is 1.63. The highest BCUT2D eigenvalue weighted by Gasteiger charge is 2.31. The Morgan fingerprint density at radius 1 is 1.28 bits per heavy atom. The maximum atomic E-state index is 14.4. The van der Waals surface area contributed by atoms with Gasteiger partial charge in [-0.3, -0.25) is 4.79 Å². The first-order chi connectivity index (χ1) is 15.5. The zero-order valence-corrected chi connectivity index (χ0v) is 17.5. The molecule has 3 aromatic rings. The molecule has 0 aliphatic carbocycles. The lowest BCUT2D eigenvalue weighted by Crippen LogP contribution is -2.33. The van der Waals surface area contributed by atoms with E-state index < -0.39 is 11.7 Å². The van der Waals surface area contributed by atoms with Gasteiger partial charge in [-0.2, -0.15) is 0 Å². The summed E-state index contributed by atoms with van der Waals surface area (Å²) in [5.41, 5.74) is 7.57. The molecule has 1 amide bonds. The molecule has 9 heteroatoms. The summed E-state index contributed by atoms with van der Waals surface area (Å²) < 4.78 is 19.7. The van der Waals surface area contributed by atoms with Crippen molar-refractivity contribution < 1.29 is 19.0 Å². The number of carbonyl (C=O) groups excluding carboxylic acids is 1. The second kappa shape index (κ2) is 9.29. The smallest absolute Gasteiger partial charge is 0.274 e. The van der Waals surface area contributed by atoms with Gasteiger partial charge < -0.3 is 25.8 Å². The molecule has 4 rings (SSSR count). The molecule has 2 heterocycles. The minimum atomic E-state index is -0.548. The Morgan fingerprint density at radius 3 is 2.88 bits per heavy atom. The number of methoxy groups -OCH3 is 1. The van der Waals surface area contributed by atoms with E-state index in [9.17, 15) is 14.3 Å². The molecular weight excluding hydrogens is 413 g/mol. The minimum absolute atomic E-state index is 0.0320. The SMILES string of the molecule is COc1cccc(F)c1-c1nccc(C(=O)Nc2ccccc2N2C[C@@H](N)C[C@H]2CO)n1. The number of benzene rings is 2. The first-order valence-corrected chi connectivity index (χ1v) is 10.2. The molecule has 1 aromatic heterocycles. The average molecular weight is 437 g/mol. The number of anilines is 2. The zero-order chi connectivity index (χ0) is 22.7. The van der Waals surface area contributed by atoms with Crippen LogP contribution in [0.2, 0.25) is 0 Å². The molecule has 166 valence electrons. The molecule has 8 nitrogen and oxygen atoms in total. The standard InChI is InChI=1S/C23H24FN5O3/c1-32-20-8-4-5-16(24)21(20)22-26-10-9-18(27-22)23(31)28-17-6-2-3-7-19(17)29-12-14(25)11-15(29)13-30/h2-10,14-15,30H,11-13,25H2,1H3,(H,28,31)/t14-,15-/m0/s1. The number of hydrogen-bond donors (Lipinski definition) is 3. The van der Waals surface area contributed by atoms with Crippen LogP contribution in [0.1, 0.15) is 16.9 Å². The highest BCUT2D eigenvalue weighted by molar-refractivity contribution is 6.05. The van der Waals surface area contributed by atoms with Gasteiger partial charge in [-0.15, -0.1) is 0 Å². The number of amides is 1. The third-order valence-electron chi connectivity index (χ3n) is 5.43. The van der Waals surface area contributed by atoms with Crippen molar-refractivity contribution in [1.29, 1.82) is 0 Å². The second-order valence-electron chi connectivity index (χ2n) is 7.54. The number of hydrogen-bond acceptors (Lipinski definition) is 7. The van der Waals surface area contributed by atoms with Crippen LogP contribution in [-0.4, -0.2) is 53.3 Å². The van der Waals surface area contributed by atoms with Gasteiger partial charge in [-0.25, -0.2) is 14.4 Å². The van der Waals surface area contributed by atoms with Crippen molar-refractivity contribution in [2.75, 3.05) is 30.5 Å². The number of para-hydroxylation sites is 2.